The average molecular weight is 157 g/mol. The third-order valence-electron chi connectivity index (χ3n) is 2.01. The Hall–Kier alpha value is -1.06. The van der Waals surface area contributed by atoms with Crippen molar-refractivity contribution in [3.05, 3.63) is 0 Å². The summed E-state index contributed by atoms with van der Waals surface area (Å²) in [5, 5.41) is 12.3. The van der Waals surface area contributed by atoms with Gasteiger partial charge < -0.3 is 9.94 Å². The van der Waals surface area contributed by atoms with E-state index in [9.17, 15) is 4.79 Å². The lowest BCUT2D eigenvalue weighted by Crippen LogP contribution is -2.03. The fourth-order valence-electron chi connectivity index (χ4n) is 1.22. The maximum Gasteiger partial charge on any atom is 0.313 e. The highest BCUT2D eigenvalue weighted by atomic mass is 16.6. The minimum atomic E-state index is -0.828. The first-order valence-corrected chi connectivity index (χ1v) is 3.36. The van der Waals surface area contributed by atoms with Crippen molar-refractivity contribution in [2.24, 2.45) is 16.5 Å². The number of rotatable bonds is 2. The molecule has 0 saturated heterocycles. The normalized spacial score (nSPS) is 30.1. The summed E-state index contributed by atoms with van der Waals surface area (Å²) >= 11 is 0. The van der Waals surface area contributed by atoms with Crippen molar-refractivity contribution >= 4 is 11.7 Å². The Morgan fingerprint density at radius 3 is 2.55 bits per heavy atom. The zero-order valence-corrected chi connectivity index (χ0v) is 6.79. The summed E-state index contributed by atoms with van der Waals surface area (Å²) in [6.07, 6.45) is 0. The summed E-state index contributed by atoms with van der Waals surface area (Å²) in [5.74, 6) is -1.28. The topological polar surface area (TPSA) is 58.9 Å². The van der Waals surface area contributed by atoms with Gasteiger partial charge in [0.2, 0.25) is 0 Å². The van der Waals surface area contributed by atoms with E-state index in [2.05, 4.69) is 9.99 Å². The minimum absolute atomic E-state index is 0.318. The second-order valence-electron chi connectivity index (χ2n) is 3.15. The molecule has 1 atom stereocenters. The van der Waals surface area contributed by atoms with E-state index < -0.39 is 11.9 Å². The maximum atomic E-state index is 10.5. The van der Waals surface area contributed by atoms with Gasteiger partial charge in [0.15, 0.2) is 0 Å². The number of hydrogen-bond acceptors (Lipinski definition) is 3. The van der Waals surface area contributed by atoms with E-state index in [1.807, 2.05) is 13.8 Å². The van der Waals surface area contributed by atoms with Gasteiger partial charge in [0.1, 0.15) is 13.0 Å². The molecule has 0 heterocycles. The van der Waals surface area contributed by atoms with Gasteiger partial charge in [-0.15, -0.1) is 0 Å². The molecular formula is C7H11NO3. The molecule has 0 amide bonds. The standard InChI is InChI=1S/C7H11NO3/c1-7(2)4(6(9)10)5(7)8-11-3/h4H,1-3H3,(H,9,10)/t4-/m1/s1. The Labute approximate surface area is 64.8 Å². The van der Waals surface area contributed by atoms with Crippen molar-refractivity contribution in [1.82, 2.24) is 0 Å². The second kappa shape index (κ2) is 2.22. The van der Waals surface area contributed by atoms with Gasteiger partial charge in [-0.2, -0.15) is 0 Å². The first-order chi connectivity index (χ1) is 5.01. The van der Waals surface area contributed by atoms with E-state index in [0.717, 1.165) is 0 Å². The van der Waals surface area contributed by atoms with Gasteiger partial charge >= 0.3 is 5.97 Å². The Morgan fingerprint density at radius 1 is 1.73 bits per heavy atom. The van der Waals surface area contributed by atoms with E-state index in [1.54, 1.807) is 0 Å². The van der Waals surface area contributed by atoms with Crippen molar-refractivity contribution in [1.29, 1.82) is 0 Å². The second-order valence-corrected chi connectivity index (χ2v) is 3.15. The third kappa shape index (κ3) is 1.08. The van der Waals surface area contributed by atoms with Crippen LogP contribution in [0.2, 0.25) is 0 Å². The molecule has 4 nitrogen and oxygen atoms in total. The monoisotopic (exact) mass is 157 g/mol. The number of carbonyl (C=O) groups is 1. The van der Waals surface area contributed by atoms with Crippen molar-refractivity contribution in [2.75, 3.05) is 7.11 Å². The molecule has 1 N–H and O–H groups in total. The first-order valence-electron chi connectivity index (χ1n) is 3.36. The Morgan fingerprint density at radius 2 is 2.27 bits per heavy atom. The lowest BCUT2D eigenvalue weighted by molar-refractivity contribution is -0.138. The number of hydrogen-bond donors (Lipinski definition) is 1. The molecule has 0 unspecified atom stereocenters. The minimum Gasteiger partial charge on any atom is -0.481 e. The Kier molecular flexibility index (Phi) is 1.62. The van der Waals surface area contributed by atoms with Gasteiger partial charge in [0.05, 0.1) is 5.71 Å². The fraction of sp³-hybridized carbons (Fsp3) is 0.714. The van der Waals surface area contributed by atoms with E-state index in [-0.39, 0.29) is 5.41 Å². The molecule has 0 aromatic rings. The van der Waals surface area contributed by atoms with E-state index in [4.69, 9.17) is 5.11 Å². The maximum absolute atomic E-state index is 10.5. The largest absolute Gasteiger partial charge is 0.481 e. The summed E-state index contributed by atoms with van der Waals surface area (Å²) in [6.45, 7) is 3.67. The van der Waals surface area contributed by atoms with E-state index in [0.29, 0.717) is 5.71 Å². The summed E-state index contributed by atoms with van der Waals surface area (Å²) in [6, 6.07) is 0. The molecule has 62 valence electrons. The van der Waals surface area contributed by atoms with Gasteiger partial charge in [0, 0.05) is 5.41 Å². The lowest BCUT2D eigenvalue weighted by atomic mass is 10.1. The van der Waals surface area contributed by atoms with Crippen LogP contribution in [-0.2, 0) is 9.63 Å². The van der Waals surface area contributed by atoms with Crippen LogP contribution in [0.5, 0.6) is 0 Å². The third-order valence-corrected chi connectivity index (χ3v) is 2.01. The number of oxime groups is 1. The number of nitrogens with zero attached hydrogens (tertiary/aromatic N) is 1. The van der Waals surface area contributed by atoms with Gasteiger partial charge in [-0.1, -0.05) is 19.0 Å². The molecule has 1 rings (SSSR count). The van der Waals surface area contributed by atoms with Crippen LogP contribution >= 0.6 is 0 Å². The predicted molar refractivity (Wildman–Crippen MR) is 39.4 cm³/mol. The zero-order valence-electron chi connectivity index (χ0n) is 6.79. The van der Waals surface area contributed by atoms with Crippen LogP contribution in [0.3, 0.4) is 0 Å². The van der Waals surface area contributed by atoms with Crippen molar-refractivity contribution < 1.29 is 14.7 Å². The van der Waals surface area contributed by atoms with Gasteiger partial charge in [-0.25, -0.2) is 0 Å². The van der Waals surface area contributed by atoms with Crippen molar-refractivity contribution in [3.63, 3.8) is 0 Å². The quantitative estimate of drug-likeness (QED) is 0.601. The Bertz CT molecular complexity index is 220. The predicted octanol–water partition coefficient (Wildman–Crippen LogP) is 0.729. The zero-order chi connectivity index (χ0) is 8.65. The molecule has 0 radical (unpaired) electrons. The van der Waals surface area contributed by atoms with Gasteiger partial charge in [0.25, 0.3) is 0 Å². The van der Waals surface area contributed by atoms with Crippen LogP contribution in [0.1, 0.15) is 13.8 Å². The van der Waals surface area contributed by atoms with E-state index in [1.165, 1.54) is 7.11 Å². The highest BCUT2D eigenvalue weighted by Crippen LogP contribution is 2.48. The number of aliphatic carboxylic acids is 1. The number of carboxylic acids is 1. The summed E-state index contributed by atoms with van der Waals surface area (Å²) in [4.78, 5) is 15.0. The van der Waals surface area contributed by atoms with Crippen LogP contribution < -0.4 is 0 Å². The van der Waals surface area contributed by atoms with Crippen LogP contribution in [-0.4, -0.2) is 23.9 Å². The van der Waals surface area contributed by atoms with Crippen LogP contribution in [0.4, 0.5) is 0 Å². The van der Waals surface area contributed by atoms with Gasteiger partial charge in [-0.05, 0) is 0 Å². The van der Waals surface area contributed by atoms with Crippen LogP contribution in [0.25, 0.3) is 0 Å². The molecule has 0 aromatic heterocycles. The molecule has 11 heavy (non-hydrogen) atoms. The van der Waals surface area contributed by atoms with Crippen molar-refractivity contribution in [2.45, 2.75) is 13.8 Å². The Balaban J connectivity index is 2.76. The highest BCUT2D eigenvalue weighted by Gasteiger charge is 2.60. The van der Waals surface area contributed by atoms with Crippen LogP contribution in [0, 0.1) is 11.3 Å². The van der Waals surface area contributed by atoms with E-state index >= 15 is 0 Å². The van der Waals surface area contributed by atoms with Crippen LogP contribution in [0.15, 0.2) is 5.16 Å². The molecule has 0 aliphatic heterocycles. The molecule has 0 spiro atoms. The fourth-order valence-corrected chi connectivity index (χ4v) is 1.22. The smallest absolute Gasteiger partial charge is 0.313 e. The average Bonchev–Trinajstić information content (AvgIpc) is 2.35. The summed E-state index contributed by atoms with van der Waals surface area (Å²) in [7, 11) is 1.42. The highest BCUT2D eigenvalue weighted by molar-refractivity contribution is 6.19. The molecule has 1 saturated carbocycles. The van der Waals surface area contributed by atoms with Gasteiger partial charge in [-0.3, -0.25) is 4.79 Å². The molecule has 0 bridgehead atoms. The molecule has 4 heteroatoms. The molecule has 1 fully saturated rings. The van der Waals surface area contributed by atoms with Crippen molar-refractivity contribution in [3.8, 4) is 0 Å². The lowest BCUT2D eigenvalue weighted by Gasteiger charge is -1.92. The first kappa shape index (κ1) is 8.04. The molecular weight excluding hydrogens is 146 g/mol. The number of carboxylic acid groups (broad SMARTS) is 1. The molecule has 1 aliphatic carbocycles. The SMILES string of the molecule is CON=C1[C@H](C(=O)O)C1(C)C. The molecule has 1 aliphatic rings. The summed E-state index contributed by atoms with van der Waals surface area (Å²) < 4.78 is 0. The molecule has 0 aromatic carbocycles. The summed E-state index contributed by atoms with van der Waals surface area (Å²) in [5.41, 5.74) is 0.300.